The minimum absolute atomic E-state index is 0.0105. The molecule has 3 atom stereocenters. The van der Waals surface area contributed by atoms with Crippen molar-refractivity contribution in [2.75, 3.05) is 13.2 Å². The Morgan fingerprint density at radius 1 is 1.21 bits per heavy atom. The number of hydrogen-bond donors (Lipinski definition) is 5. The third kappa shape index (κ3) is 5.50. The van der Waals surface area contributed by atoms with Crippen molar-refractivity contribution < 1.29 is 39.3 Å². The van der Waals surface area contributed by atoms with Gasteiger partial charge in [-0.2, -0.15) is 0 Å². The van der Waals surface area contributed by atoms with Crippen LogP contribution in [-0.2, 0) is 19.2 Å². The van der Waals surface area contributed by atoms with Crippen LogP contribution in [0.2, 0.25) is 0 Å². The van der Waals surface area contributed by atoms with Crippen molar-refractivity contribution in [2.24, 2.45) is 10.9 Å². The van der Waals surface area contributed by atoms with Gasteiger partial charge in [0.25, 0.3) is 5.91 Å². The molecule has 3 unspecified atom stereocenters. The first-order chi connectivity index (χ1) is 16.2. The molecule has 0 spiro atoms. The number of nitrogens with zero attached hydrogens (tertiary/aromatic N) is 2. The molecule has 2 amide bonds. The zero-order chi connectivity index (χ0) is 24.8. The molecule has 0 aliphatic carbocycles. The maximum atomic E-state index is 12.6. The van der Waals surface area contributed by atoms with Gasteiger partial charge in [0.15, 0.2) is 11.8 Å². The molecular weight excluding hydrogens is 468 g/mol. The second-order valence-electron chi connectivity index (χ2n) is 7.33. The number of aliphatic carboxylic acids is 2. The Morgan fingerprint density at radius 3 is 2.44 bits per heavy atom. The van der Waals surface area contributed by atoms with Gasteiger partial charge in [-0.3, -0.25) is 14.4 Å². The first kappa shape index (κ1) is 24.7. The van der Waals surface area contributed by atoms with Gasteiger partial charge >= 0.3 is 11.9 Å². The summed E-state index contributed by atoms with van der Waals surface area (Å²) in [5.74, 6) is -3.30. The highest BCUT2D eigenvalue weighted by atomic mass is 32.1. The number of oxime groups is 1. The van der Waals surface area contributed by atoms with Crippen LogP contribution >= 0.6 is 11.3 Å². The first-order valence-corrected chi connectivity index (χ1v) is 10.9. The number of rotatable bonds is 11. The van der Waals surface area contributed by atoms with E-state index < -0.39 is 41.9 Å². The van der Waals surface area contributed by atoms with Gasteiger partial charge in [-0.1, -0.05) is 11.2 Å². The molecule has 3 rings (SSSR count). The van der Waals surface area contributed by atoms with Gasteiger partial charge in [0.1, 0.15) is 17.8 Å². The third-order valence-electron chi connectivity index (χ3n) is 5.08. The molecule has 1 aliphatic heterocycles. The van der Waals surface area contributed by atoms with E-state index in [1.807, 2.05) is 0 Å². The Bertz CT molecular complexity index is 1090. The molecular formula is C21H22N4O8S. The normalized spacial score (nSPS) is 17.4. The maximum Gasteiger partial charge on any atom is 0.331 e. The molecule has 180 valence electrons. The number of ether oxygens (including phenoxy) is 1. The largest absolute Gasteiger partial charge is 0.494 e. The topological polar surface area (TPSA) is 192 Å². The number of β-lactam (4-membered cyclic amide) rings is 1. The van der Waals surface area contributed by atoms with Crippen LogP contribution in [0.15, 0.2) is 46.9 Å². The molecule has 1 aliphatic rings. The van der Waals surface area contributed by atoms with E-state index in [9.17, 15) is 29.5 Å². The van der Waals surface area contributed by atoms with Gasteiger partial charge in [-0.25, -0.2) is 4.79 Å². The Kier molecular flexibility index (Phi) is 7.81. The summed E-state index contributed by atoms with van der Waals surface area (Å²) in [5.41, 5.74) is 5.29. The van der Waals surface area contributed by atoms with Crippen molar-refractivity contribution in [3.63, 3.8) is 0 Å². The first-order valence-electron chi connectivity index (χ1n) is 10.0. The second kappa shape index (κ2) is 10.8. The van der Waals surface area contributed by atoms with E-state index >= 15 is 0 Å². The van der Waals surface area contributed by atoms with E-state index in [2.05, 4.69) is 10.5 Å². The van der Waals surface area contributed by atoms with E-state index in [1.165, 1.54) is 35.6 Å². The Labute approximate surface area is 197 Å². The standard InChI is InChI=1S/C21H22N4O8S/c22-13(20(28)29)7-8-33-12-5-3-11(4-6-12)16(24-32)18(26)23-14-10-25(19(14)27)17(21(30)31)15-2-1-9-34-15/h1-6,9,13-14,17,32H,7-8,10,22H2,(H,23,26)(H,28,29)(H,30,31). The van der Waals surface area contributed by atoms with Gasteiger partial charge in [0, 0.05) is 16.9 Å². The van der Waals surface area contributed by atoms with Crippen molar-refractivity contribution in [1.29, 1.82) is 0 Å². The summed E-state index contributed by atoms with van der Waals surface area (Å²) >= 11 is 1.21. The number of likely N-dealkylation sites (tertiary alicyclic amines) is 1. The third-order valence-corrected chi connectivity index (χ3v) is 6.01. The lowest BCUT2D eigenvalue weighted by Gasteiger charge is -2.41. The number of carboxylic acids is 2. The smallest absolute Gasteiger partial charge is 0.331 e. The number of hydrogen-bond acceptors (Lipinski definition) is 9. The van der Waals surface area contributed by atoms with Crippen molar-refractivity contribution in [1.82, 2.24) is 10.2 Å². The molecule has 1 aromatic heterocycles. The Balaban J connectivity index is 1.57. The fourth-order valence-corrected chi connectivity index (χ4v) is 4.07. The van der Waals surface area contributed by atoms with Crippen LogP contribution in [0.25, 0.3) is 0 Å². The van der Waals surface area contributed by atoms with E-state index in [-0.39, 0.29) is 30.8 Å². The highest BCUT2D eigenvalue weighted by Crippen LogP contribution is 2.30. The fraction of sp³-hybridized carbons (Fsp3) is 0.286. The highest BCUT2D eigenvalue weighted by molar-refractivity contribution is 7.10. The SMILES string of the molecule is NC(CCOc1ccc(C(=NO)C(=O)NC2CN(C(C(=O)O)c3cccs3)C2=O)cc1)C(=O)O. The Hall–Kier alpha value is -3.97. The maximum absolute atomic E-state index is 12.6. The quantitative estimate of drug-likeness (QED) is 0.127. The van der Waals surface area contributed by atoms with E-state index in [4.69, 9.17) is 15.6 Å². The molecule has 0 radical (unpaired) electrons. The van der Waals surface area contributed by atoms with Crippen molar-refractivity contribution in [2.45, 2.75) is 24.5 Å². The van der Waals surface area contributed by atoms with Crippen LogP contribution in [0.5, 0.6) is 5.75 Å². The van der Waals surface area contributed by atoms with Crippen LogP contribution in [0.3, 0.4) is 0 Å². The number of thiophene rings is 1. The number of nitrogens with one attached hydrogen (secondary N) is 1. The molecule has 13 heteroatoms. The monoisotopic (exact) mass is 490 g/mol. The molecule has 2 heterocycles. The van der Waals surface area contributed by atoms with Gasteiger partial charge in [0.2, 0.25) is 5.91 Å². The summed E-state index contributed by atoms with van der Waals surface area (Å²) in [4.78, 5) is 49.1. The number of nitrogens with two attached hydrogens (primary N) is 1. The molecule has 12 nitrogen and oxygen atoms in total. The number of amides is 2. The zero-order valence-corrected chi connectivity index (χ0v) is 18.5. The molecule has 34 heavy (non-hydrogen) atoms. The van der Waals surface area contributed by atoms with E-state index in [0.29, 0.717) is 10.6 Å². The van der Waals surface area contributed by atoms with Crippen LogP contribution in [-0.4, -0.2) is 75.0 Å². The van der Waals surface area contributed by atoms with Gasteiger partial charge < -0.3 is 36.1 Å². The van der Waals surface area contributed by atoms with Crippen LogP contribution < -0.4 is 15.8 Å². The van der Waals surface area contributed by atoms with Gasteiger partial charge in [0.05, 0.1) is 13.2 Å². The van der Waals surface area contributed by atoms with Crippen LogP contribution in [0.4, 0.5) is 0 Å². The summed E-state index contributed by atoms with van der Waals surface area (Å²) in [6, 6.07) is 6.07. The molecule has 2 aromatic rings. The number of benzene rings is 1. The van der Waals surface area contributed by atoms with E-state index in [1.54, 1.807) is 17.5 Å². The predicted molar refractivity (Wildman–Crippen MR) is 119 cm³/mol. The lowest BCUT2D eigenvalue weighted by Crippen LogP contribution is -2.65. The number of carboxylic acid groups (broad SMARTS) is 2. The fourth-order valence-electron chi connectivity index (χ4n) is 3.25. The minimum Gasteiger partial charge on any atom is -0.494 e. The van der Waals surface area contributed by atoms with Crippen molar-refractivity contribution >= 4 is 40.8 Å². The molecule has 1 saturated heterocycles. The minimum atomic E-state index is -1.18. The average Bonchev–Trinajstić information content (AvgIpc) is 3.33. The molecule has 1 fully saturated rings. The van der Waals surface area contributed by atoms with Crippen LogP contribution in [0.1, 0.15) is 22.9 Å². The summed E-state index contributed by atoms with van der Waals surface area (Å²) < 4.78 is 5.40. The van der Waals surface area contributed by atoms with Gasteiger partial charge in [-0.05, 0) is 35.7 Å². The Morgan fingerprint density at radius 2 is 1.91 bits per heavy atom. The van der Waals surface area contributed by atoms with E-state index in [0.717, 1.165) is 4.90 Å². The molecule has 1 aromatic carbocycles. The van der Waals surface area contributed by atoms with Crippen molar-refractivity contribution in [3.05, 3.63) is 52.2 Å². The number of carbonyl (C=O) groups is 4. The zero-order valence-electron chi connectivity index (χ0n) is 17.7. The summed E-state index contributed by atoms with van der Waals surface area (Å²) in [5, 5.41) is 34.8. The van der Waals surface area contributed by atoms with Gasteiger partial charge in [-0.15, -0.1) is 11.3 Å². The lowest BCUT2D eigenvalue weighted by molar-refractivity contribution is -0.159. The second-order valence-corrected chi connectivity index (χ2v) is 8.31. The average molecular weight is 490 g/mol. The highest BCUT2D eigenvalue weighted by Gasteiger charge is 2.45. The predicted octanol–water partition coefficient (Wildman–Crippen LogP) is 0.260. The molecule has 0 bridgehead atoms. The van der Waals surface area contributed by atoms with Crippen LogP contribution in [0, 0.1) is 0 Å². The summed E-state index contributed by atoms with van der Waals surface area (Å²) in [6.45, 7) is 0.0563. The number of carbonyl (C=O) groups excluding carboxylic acids is 2. The molecule has 0 saturated carbocycles. The summed E-state index contributed by atoms with van der Waals surface area (Å²) in [6.07, 6.45) is 0.102. The molecule has 6 N–H and O–H groups in total. The lowest BCUT2D eigenvalue weighted by atomic mass is 10.0. The summed E-state index contributed by atoms with van der Waals surface area (Å²) in [7, 11) is 0. The van der Waals surface area contributed by atoms with Crippen molar-refractivity contribution in [3.8, 4) is 5.75 Å².